The summed E-state index contributed by atoms with van der Waals surface area (Å²) in [5.74, 6) is 2.55. The fraction of sp³-hybridized carbons (Fsp3) is 0.581. The number of pyridine rings is 1. The summed E-state index contributed by atoms with van der Waals surface area (Å²) in [5, 5.41) is 4.73. The summed E-state index contributed by atoms with van der Waals surface area (Å²) >= 11 is 0. The highest BCUT2D eigenvalue weighted by molar-refractivity contribution is 5.90. The molecule has 0 unspecified atom stereocenters. The van der Waals surface area contributed by atoms with Crippen molar-refractivity contribution >= 4 is 22.8 Å². The Labute approximate surface area is 237 Å². The van der Waals surface area contributed by atoms with Crippen molar-refractivity contribution < 1.29 is 14.2 Å². The minimum atomic E-state index is 0.120. The average Bonchev–Trinajstić information content (AvgIpc) is 2.99. The van der Waals surface area contributed by atoms with Crippen LogP contribution in [0.5, 0.6) is 5.75 Å². The van der Waals surface area contributed by atoms with Crippen LogP contribution in [-0.4, -0.2) is 79.7 Å². The largest absolute Gasteiger partial charge is 0.496 e. The Hall–Kier alpha value is -3.01. The molecule has 4 heterocycles. The minimum absolute atomic E-state index is 0.120. The van der Waals surface area contributed by atoms with E-state index in [1.54, 1.807) is 7.11 Å². The number of hydrogen-bond donors (Lipinski definition) is 1. The molecule has 3 aliphatic rings. The molecule has 2 aromatic heterocycles. The summed E-state index contributed by atoms with van der Waals surface area (Å²) in [6.07, 6.45) is 6.73. The van der Waals surface area contributed by atoms with Gasteiger partial charge in [-0.2, -0.15) is 9.97 Å². The molecule has 1 N–H and O–H groups in total. The molecule has 0 radical (unpaired) electrons. The molecule has 9 nitrogen and oxygen atoms in total. The highest BCUT2D eigenvalue weighted by atomic mass is 16.5. The third kappa shape index (κ3) is 6.01. The van der Waals surface area contributed by atoms with E-state index in [2.05, 4.69) is 59.3 Å². The molecule has 1 saturated carbocycles. The van der Waals surface area contributed by atoms with Gasteiger partial charge in [0.2, 0.25) is 5.95 Å². The molecule has 0 bridgehead atoms. The van der Waals surface area contributed by atoms with Crippen molar-refractivity contribution in [2.75, 3.05) is 56.3 Å². The van der Waals surface area contributed by atoms with Crippen LogP contribution in [0.3, 0.4) is 0 Å². The zero-order chi connectivity index (χ0) is 27.5. The van der Waals surface area contributed by atoms with Gasteiger partial charge in [0, 0.05) is 49.9 Å². The number of nitrogens with zero attached hydrogens (tertiary/aromatic N) is 5. The van der Waals surface area contributed by atoms with E-state index < -0.39 is 0 Å². The van der Waals surface area contributed by atoms with E-state index in [1.165, 1.54) is 32.1 Å². The number of methoxy groups -OCH3 is 1. The summed E-state index contributed by atoms with van der Waals surface area (Å²) in [7, 11) is 1.74. The first-order valence-electron chi connectivity index (χ1n) is 14.9. The molecule has 6 rings (SSSR count). The Kier molecular flexibility index (Phi) is 8.32. The van der Waals surface area contributed by atoms with Crippen LogP contribution in [-0.2, 0) is 16.0 Å². The van der Waals surface area contributed by atoms with E-state index >= 15 is 0 Å². The molecule has 2 aliphatic heterocycles. The van der Waals surface area contributed by atoms with Gasteiger partial charge in [0.1, 0.15) is 11.6 Å². The quantitative estimate of drug-likeness (QED) is 0.458. The summed E-state index contributed by atoms with van der Waals surface area (Å²) in [6.45, 7) is 9.51. The number of nitrogens with one attached hydrogen (secondary N) is 1. The molecule has 0 amide bonds. The molecule has 3 fully saturated rings. The Balaban J connectivity index is 1.35. The predicted molar refractivity (Wildman–Crippen MR) is 158 cm³/mol. The fourth-order valence-corrected chi connectivity index (χ4v) is 6.28. The van der Waals surface area contributed by atoms with Gasteiger partial charge in [0.05, 0.1) is 43.6 Å². The molecule has 214 valence electrons. The molecular weight excluding hydrogens is 504 g/mol. The SMILES string of the molecule is COc1ccc(-c2ccc3c(N4CCOCC4)nc(N4C[C@@H](C)O[C@@H](C)C4)nc3n2)cc1CNC1CCCCC1. The van der Waals surface area contributed by atoms with Crippen molar-refractivity contribution in [3.05, 3.63) is 35.9 Å². The van der Waals surface area contributed by atoms with Gasteiger partial charge in [0.25, 0.3) is 0 Å². The van der Waals surface area contributed by atoms with Crippen LogP contribution in [0.4, 0.5) is 11.8 Å². The zero-order valence-corrected chi connectivity index (χ0v) is 24.1. The van der Waals surface area contributed by atoms with Crippen LogP contribution in [0.2, 0.25) is 0 Å². The highest BCUT2D eigenvalue weighted by Crippen LogP contribution is 2.32. The minimum Gasteiger partial charge on any atom is -0.496 e. The summed E-state index contributed by atoms with van der Waals surface area (Å²) in [6, 6.07) is 11.2. The van der Waals surface area contributed by atoms with Gasteiger partial charge in [-0.1, -0.05) is 19.3 Å². The molecular formula is C31H42N6O3. The number of fused-ring (bicyclic) bond motifs is 1. The van der Waals surface area contributed by atoms with Crippen molar-refractivity contribution in [3.63, 3.8) is 0 Å². The number of ether oxygens (including phenoxy) is 3. The van der Waals surface area contributed by atoms with Crippen LogP contribution >= 0.6 is 0 Å². The first kappa shape index (κ1) is 27.2. The highest BCUT2D eigenvalue weighted by Gasteiger charge is 2.27. The van der Waals surface area contributed by atoms with Gasteiger partial charge >= 0.3 is 0 Å². The summed E-state index contributed by atoms with van der Waals surface area (Å²) in [4.78, 5) is 19.8. The van der Waals surface area contributed by atoms with E-state index in [-0.39, 0.29) is 12.2 Å². The van der Waals surface area contributed by atoms with E-state index in [0.29, 0.717) is 30.9 Å². The molecule has 3 aromatic rings. The van der Waals surface area contributed by atoms with E-state index in [4.69, 9.17) is 29.2 Å². The molecule has 2 atom stereocenters. The maximum absolute atomic E-state index is 5.98. The lowest BCUT2D eigenvalue weighted by atomic mass is 9.95. The predicted octanol–water partition coefficient (Wildman–Crippen LogP) is 4.57. The maximum atomic E-state index is 5.98. The standard InChI is InChI=1S/C31H42N6O3/c1-21-19-37(20-22(2)40-21)31-34-29-26(30(35-31)36-13-15-39-16-14-36)10-11-27(33-29)23-9-12-28(38-3)24(17-23)18-32-25-7-5-4-6-8-25/h9-12,17,21-22,25,32H,4-8,13-16,18-20H2,1-3H3/t21-,22+. The second-order valence-electron chi connectivity index (χ2n) is 11.4. The zero-order valence-electron chi connectivity index (χ0n) is 24.1. The summed E-state index contributed by atoms with van der Waals surface area (Å²) in [5.41, 5.74) is 3.83. The number of anilines is 2. The van der Waals surface area contributed by atoms with Crippen LogP contribution in [0, 0.1) is 0 Å². The van der Waals surface area contributed by atoms with Crippen molar-refractivity contribution in [2.24, 2.45) is 0 Å². The monoisotopic (exact) mass is 546 g/mol. The second kappa shape index (κ2) is 12.2. The molecule has 9 heteroatoms. The Morgan fingerprint density at radius 3 is 2.45 bits per heavy atom. The van der Waals surface area contributed by atoms with Gasteiger partial charge in [-0.3, -0.25) is 0 Å². The van der Waals surface area contributed by atoms with Gasteiger partial charge in [-0.25, -0.2) is 4.98 Å². The number of morpholine rings is 2. The molecule has 1 aliphatic carbocycles. The molecule has 2 saturated heterocycles. The molecule has 40 heavy (non-hydrogen) atoms. The van der Waals surface area contributed by atoms with Crippen molar-refractivity contribution in [1.29, 1.82) is 0 Å². The van der Waals surface area contributed by atoms with Gasteiger partial charge in [0.15, 0.2) is 5.65 Å². The number of aromatic nitrogens is 3. The van der Waals surface area contributed by atoms with E-state index in [0.717, 1.165) is 66.5 Å². The van der Waals surface area contributed by atoms with Gasteiger partial charge in [-0.05, 0) is 57.0 Å². The first-order valence-corrected chi connectivity index (χ1v) is 14.9. The second-order valence-corrected chi connectivity index (χ2v) is 11.4. The lowest BCUT2D eigenvalue weighted by Crippen LogP contribution is -2.46. The van der Waals surface area contributed by atoms with Crippen molar-refractivity contribution in [2.45, 2.75) is 70.7 Å². The Morgan fingerprint density at radius 2 is 1.70 bits per heavy atom. The lowest BCUT2D eigenvalue weighted by Gasteiger charge is -2.36. The van der Waals surface area contributed by atoms with E-state index in [9.17, 15) is 0 Å². The smallest absolute Gasteiger partial charge is 0.229 e. The topological polar surface area (TPSA) is 84.9 Å². The number of hydrogen-bond acceptors (Lipinski definition) is 9. The number of benzene rings is 1. The van der Waals surface area contributed by atoms with Crippen LogP contribution in [0.25, 0.3) is 22.3 Å². The van der Waals surface area contributed by atoms with Crippen LogP contribution in [0.1, 0.15) is 51.5 Å². The summed E-state index contributed by atoms with van der Waals surface area (Å²) < 4.78 is 17.3. The van der Waals surface area contributed by atoms with Gasteiger partial charge in [-0.15, -0.1) is 0 Å². The maximum Gasteiger partial charge on any atom is 0.229 e. The molecule has 1 aromatic carbocycles. The van der Waals surface area contributed by atoms with Crippen molar-refractivity contribution in [1.82, 2.24) is 20.3 Å². The Morgan fingerprint density at radius 1 is 0.925 bits per heavy atom. The third-order valence-electron chi connectivity index (χ3n) is 8.30. The van der Waals surface area contributed by atoms with Crippen LogP contribution in [0.15, 0.2) is 30.3 Å². The third-order valence-corrected chi connectivity index (χ3v) is 8.30. The van der Waals surface area contributed by atoms with Crippen molar-refractivity contribution in [3.8, 4) is 17.0 Å². The Bertz CT molecular complexity index is 1300. The lowest BCUT2D eigenvalue weighted by molar-refractivity contribution is -0.00570. The fourth-order valence-electron chi connectivity index (χ4n) is 6.28. The number of rotatable bonds is 7. The van der Waals surface area contributed by atoms with E-state index in [1.807, 2.05) is 0 Å². The molecule has 0 spiro atoms. The van der Waals surface area contributed by atoms with Gasteiger partial charge < -0.3 is 29.3 Å². The normalized spacial score (nSPS) is 22.6. The van der Waals surface area contributed by atoms with Crippen LogP contribution < -0.4 is 19.9 Å². The first-order chi connectivity index (χ1) is 19.6. The average molecular weight is 547 g/mol.